The van der Waals surface area contributed by atoms with E-state index in [1.54, 1.807) is 11.1 Å². The summed E-state index contributed by atoms with van der Waals surface area (Å²) >= 11 is 0. The Morgan fingerprint density at radius 2 is 1.89 bits per heavy atom. The van der Waals surface area contributed by atoms with Crippen LogP contribution in [0.2, 0.25) is 0 Å². The molecule has 146 valence electrons. The van der Waals surface area contributed by atoms with Gasteiger partial charge in [-0.15, -0.1) is 0 Å². The third kappa shape index (κ3) is 4.76. The first-order chi connectivity index (χ1) is 13.6. The van der Waals surface area contributed by atoms with Crippen molar-refractivity contribution >= 4 is 23.7 Å². The van der Waals surface area contributed by atoms with Crippen molar-refractivity contribution in [3.8, 4) is 5.75 Å². The lowest BCUT2D eigenvalue weighted by atomic mass is 10.1. The van der Waals surface area contributed by atoms with E-state index in [1.807, 2.05) is 55.5 Å². The van der Waals surface area contributed by atoms with Crippen molar-refractivity contribution in [1.82, 2.24) is 5.43 Å². The second kappa shape index (κ2) is 9.17. The highest BCUT2D eigenvalue weighted by Crippen LogP contribution is 2.25. The highest BCUT2D eigenvalue weighted by atomic mass is 16.5. The molecule has 2 aromatic rings. The molecule has 2 aromatic carbocycles. The Hall–Kier alpha value is -3.15. The molecule has 0 saturated carbocycles. The van der Waals surface area contributed by atoms with E-state index < -0.39 is 5.92 Å². The molecule has 3 rings (SSSR count). The summed E-state index contributed by atoms with van der Waals surface area (Å²) < 4.78 is 5.39. The molecule has 2 amide bonds. The van der Waals surface area contributed by atoms with Gasteiger partial charge in [0.1, 0.15) is 5.75 Å². The van der Waals surface area contributed by atoms with E-state index in [4.69, 9.17) is 4.74 Å². The molecule has 0 spiro atoms. The smallest absolute Gasteiger partial charge is 0.245 e. The van der Waals surface area contributed by atoms with Crippen molar-refractivity contribution in [3.05, 3.63) is 59.7 Å². The highest BCUT2D eigenvalue weighted by molar-refractivity contribution is 6.00. The average Bonchev–Trinajstić information content (AvgIpc) is 3.11. The summed E-state index contributed by atoms with van der Waals surface area (Å²) in [5.41, 5.74) is 5.44. The molecule has 0 aromatic heterocycles. The zero-order valence-corrected chi connectivity index (χ0v) is 16.2. The van der Waals surface area contributed by atoms with E-state index in [9.17, 15) is 9.59 Å². The van der Waals surface area contributed by atoms with Gasteiger partial charge in [0.05, 0.1) is 18.7 Å². The van der Waals surface area contributed by atoms with Crippen LogP contribution in [-0.4, -0.2) is 31.2 Å². The Balaban J connectivity index is 1.55. The van der Waals surface area contributed by atoms with Crippen LogP contribution in [0.15, 0.2) is 53.6 Å². The van der Waals surface area contributed by atoms with Gasteiger partial charge in [-0.1, -0.05) is 19.1 Å². The second-order valence-electron chi connectivity index (χ2n) is 6.66. The standard InChI is InChI=1S/C22H25N3O3/c1-3-16-5-9-19(10-6-16)25-15-18(13-21(25)26)22(27)24-23-14-17-7-11-20(12-8-17)28-4-2/h5-12,14,18H,3-4,13,15H2,1-2H3,(H,24,27). The van der Waals surface area contributed by atoms with Crippen LogP contribution in [0.4, 0.5) is 5.69 Å². The van der Waals surface area contributed by atoms with Crippen LogP contribution in [0.25, 0.3) is 0 Å². The van der Waals surface area contributed by atoms with Crippen molar-refractivity contribution < 1.29 is 14.3 Å². The van der Waals surface area contributed by atoms with Crippen LogP contribution in [-0.2, 0) is 16.0 Å². The minimum atomic E-state index is -0.407. The van der Waals surface area contributed by atoms with Crippen LogP contribution < -0.4 is 15.1 Å². The van der Waals surface area contributed by atoms with Crippen LogP contribution >= 0.6 is 0 Å². The summed E-state index contributed by atoms with van der Waals surface area (Å²) in [4.78, 5) is 26.4. The number of carbonyl (C=O) groups excluding carboxylic acids is 2. The number of hydrogen-bond acceptors (Lipinski definition) is 4. The number of nitrogens with one attached hydrogen (secondary N) is 1. The van der Waals surface area contributed by atoms with Crippen LogP contribution in [0.3, 0.4) is 0 Å². The van der Waals surface area contributed by atoms with Gasteiger partial charge in [-0.3, -0.25) is 9.59 Å². The molecular formula is C22H25N3O3. The number of nitrogens with zero attached hydrogens (tertiary/aromatic N) is 2. The van der Waals surface area contributed by atoms with E-state index in [-0.39, 0.29) is 18.2 Å². The summed E-state index contributed by atoms with van der Waals surface area (Å²) in [6.45, 7) is 5.00. The molecule has 1 atom stereocenters. The van der Waals surface area contributed by atoms with Gasteiger partial charge in [-0.25, -0.2) is 5.43 Å². The zero-order chi connectivity index (χ0) is 19.9. The van der Waals surface area contributed by atoms with Gasteiger partial charge in [0, 0.05) is 18.7 Å². The third-order valence-electron chi connectivity index (χ3n) is 4.73. The van der Waals surface area contributed by atoms with Gasteiger partial charge in [-0.05, 0) is 60.9 Å². The Morgan fingerprint density at radius 1 is 1.18 bits per heavy atom. The lowest BCUT2D eigenvalue weighted by Gasteiger charge is -2.16. The summed E-state index contributed by atoms with van der Waals surface area (Å²) in [7, 11) is 0. The molecule has 6 heteroatoms. The monoisotopic (exact) mass is 379 g/mol. The number of benzene rings is 2. The normalized spacial score (nSPS) is 16.6. The number of anilines is 1. The van der Waals surface area contributed by atoms with E-state index in [2.05, 4.69) is 17.5 Å². The molecular weight excluding hydrogens is 354 g/mol. The lowest BCUT2D eigenvalue weighted by Crippen LogP contribution is -2.30. The van der Waals surface area contributed by atoms with Crippen molar-refractivity contribution in [1.29, 1.82) is 0 Å². The van der Waals surface area contributed by atoms with E-state index in [1.165, 1.54) is 5.56 Å². The first-order valence-corrected chi connectivity index (χ1v) is 9.55. The minimum Gasteiger partial charge on any atom is -0.494 e. The third-order valence-corrected chi connectivity index (χ3v) is 4.73. The molecule has 0 bridgehead atoms. The number of hydrogen-bond donors (Lipinski definition) is 1. The molecule has 1 N–H and O–H groups in total. The quantitative estimate of drug-likeness (QED) is 0.593. The molecule has 0 radical (unpaired) electrons. The highest BCUT2D eigenvalue weighted by Gasteiger charge is 2.35. The van der Waals surface area contributed by atoms with Crippen molar-refractivity contribution in [2.24, 2.45) is 11.0 Å². The van der Waals surface area contributed by atoms with Gasteiger partial charge in [-0.2, -0.15) is 5.10 Å². The maximum Gasteiger partial charge on any atom is 0.245 e. The summed E-state index contributed by atoms with van der Waals surface area (Å²) in [6, 6.07) is 15.3. The van der Waals surface area contributed by atoms with Gasteiger partial charge < -0.3 is 9.64 Å². The van der Waals surface area contributed by atoms with Gasteiger partial charge >= 0.3 is 0 Å². The number of ether oxygens (including phenoxy) is 1. The fourth-order valence-corrected chi connectivity index (χ4v) is 3.12. The number of aryl methyl sites for hydroxylation is 1. The summed E-state index contributed by atoms with van der Waals surface area (Å²) in [6.07, 6.45) is 2.72. The molecule has 1 aliphatic heterocycles. The number of amides is 2. The summed E-state index contributed by atoms with van der Waals surface area (Å²) in [5.74, 6) is 0.0964. The van der Waals surface area contributed by atoms with Crippen LogP contribution in [0, 0.1) is 5.92 Å². The summed E-state index contributed by atoms with van der Waals surface area (Å²) in [5, 5.41) is 4.01. The molecule has 1 fully saturated rings. The number of hydrazone groups is 1. The van der Waals surface area contributed by atoms with Crippen molar-refractivity contribution in [3.63, 3.8) is 0 Å². The predicted octanol–water partition coefficient (Wildman–Crippen LogP) is 3.15. The SMILES string of the molecule is CCOc1ccc(C=NNC(=O)C2CC(=O)N(c3ccc(CC)cc3)C2)cc1. The molecule has 1 saturated heterocycles. The Morgan fingerprint density at radius 3 is 2.54 bits per heavy atom. The Bertz CT molecular complexity index is 844. The molecule has 1 unspecified atom stereocenters. The zero-order valence-electron chi connectivity index (χ0n) is 16.2. The predicted molar refractivity (Wildman–Crippen MR) is 110 cm³/mol. The van der Waals surface area contributed by atoms with Gasteiger partial charge in [0.2, 0.25) is 11.8 Å². The topological polar surface area (TPSA) is 71.0 Å². The molecule has 1 heterocycles. The lowest BCUT2D eigenvalue weighted by molar-refractivity contribution is -0.126. The van der Waals surface area contributed by atoms with Crippen LogP contribution in [0.1, 0.15) is 31.4 Å². The average molecular weight is 379 g/mol. The van der Waals surface area contributed by atoms with E-state index in [0.717, 1.165) is 23.4 Å². The fourth-order valence-electron chi connectivity index (χ4n) is 3.12. The molecule has 1 aliphatic rings. The minimum absolute atomic E-state index is 0.0418. The molecule has 28 heavy (non-hydrogen) atoms. The number of rotatable bonds is 7. The molecule has 0 aliphatic carbocycles. The first kappa shape index (κ1) is 19.6. The second-order valence-corrected chi connectivity index (χ2v) is 6.66. The van der Waals surface area contributed by atoms with E-state index >= 15 is 0 Å². The number of carbonyl (C=O) groups is 2. The maximum atomic E-state index is 12.4. The van der Waals surface area contributed by atoms with Crippen molar-refractivity contribution in [2.75, 3.05) is 18.1 Å². The van der Waals surface area contributed by atoms with Gasteiger partial charge in [0.15, 0.2) is 0 Å². The van der Waals surface area contributed by atoms with Gasteiger partial charge in [0.25, 0.3) is 0 Å². The van der Waals surface area contributed by atoms with Crippen molar-refractivity contribution in [2.45, 2.75) is 26.7 Å². The maximum absolute atomic E-state index is 12.4. The van der Waals surface area contributed by atoms with Crippen LogP contribution in [0.5, 0.6) is 5.75 Å². The van der Waals surface area contributed by atoms with E-state index in [0.29, 0.717) is 13.2 Å². The fraction of sp³-hybridized carbons (Fsp3) is 0.318. The Kier molecular flexibility index (Phi) is 6.42. The molecule has 6 nitrogen and oxygen atoms in total. The first-order valence-electron chi connectivity index (χ1n) is 9.55. The largest absolute Gasteiger partial charge is 0.494 e. The Labute approximate surface area is 165 Å².